The molecule has 0 spiro atoms. The lowest BCUT2D eigenvalue weighted by Gasteiger charge is -2.34. The Morgan fingerprint density at radius 3 is 2.83 bits per heavy atom. The highest BCUT2D eigenvalue weighted by atomic mass is 28.1. The van der Waals surface area contributed by atoms with Gasteiger partial charge in [-0.2, -0.15) is 0 Å². The molecule has 1 saturated heterocycles. The third kappa shape index (κ3) is 2.76. The molecule has 0 aromatic carbocycles. The lowest BCUT2D eigenvalue weighted by molar-refractivity contribution is -0.0168. The highest BCUT2D eigenvalue weighted by molar-refractivity contribution is 6.14. The maximum Gasteiger partial charge on any atom is 0.0522 e. The maximum atomic E-state index is 5.84. The largest absolute Gasteiger partial charge is 0.379 e. The van der Waals surface area contributed by atoms with Crippen LogP contribution in [0, 0.1) is 6.08 Å². The van der Waals surface area contributed by atoms with Crippen molar-refractivity contribution >= 4 is 10.2 Å². The summed E-state index contributed by atoms with van der Waals surface area (Å²) < 4.78 is 5.84. The molecule has 0 aromatic rings. The zero-order chi connectivity index (χ0) is 9.03. The topological polar surface area (TPSA) is 9.23 Å². The molecule has 1 atom stereocenters. The minimum absolute atomic E-state index is 0.241. The summed E-state index contributed by atoms with van der Waals surface area (Å²) in [6.45, 7) is 5.11. The molecule has 1 nitrogen and oxygen atoms in total. The normalized spacial score (nSPS) is 32.3. The van der Waals surface area contributed by atoms with Crippen molar-refractivity contribution in [1.82, 2.24) is 0 Å². The first-order chi connectivity index (χ1) is 5.66. The van der Waals surface area contributed by atoms with Gasteiger partial charge in [-0.1, -0.05) is 5.57 Å². The molecular weight excluding hydrogens is 164 g/mol. The molecule has 1 aliphatic heterocycles. The molecule has 1 unspecified atom stereocenters. The fourth-order valence-corrected chi connectivity index (χ4v) is 2.87. The minimum atomic E-state index is 0.241. The molecule has 1 fully saturated rings. The van der Waals surface area contributed by atoms with Crippen LogP contribution in [-0.2, 0) is 4.74 Å². The Kier molecular flexibility index (Phi) is 3.53. The van der Waals surface area contributed by atoms with Crippen LogP contribution in [-0.4, -0.2) is 22.1 Å². The van der Waals surface area contributed by atoms with E-state index in [1.807, 2.05) is 6.92 Å². The highest BCUT2D eigenvalue weighted by Gasteiger charge is 2.27. The molecule has 1 heterocycles. The van der Waals surface area contributed by atoms with E-state index in [4.69, 9.17) is 4.74 Å². The first-order valence-corrected chi connectivity index (χ1v) is 5.80. The molecule has 0 saturated carbocycles. The summed E-state index contributed by atoms with van der Waals surface area (Å²) in [5, 5.41) is 0.241. The monoisotopic (exact) mass is 183 g/mol. The molecule has 2 heteroatoms. The lowest BCUT2D eigenvalue weighted by atomic mass is 10.0. The van der Waals surface area contributed by atoms with Gasteiger partial charge in [0.15, 0.2) is 0 Å². The number of allylic oxidation sites excluding steroid dienone is 1. The van der Waals surface area contributed by atoms with Gasteiger partial charge in [-0.25, -0.2) is 0 Å². The van der Waals surface area contributed by atoms with Gasteiger partial charge in [0.1, 0.15) is 0 Å². The van der Waals surface area contributed by atoms with Gasteiger partial charge in [0.05, 0.1) is 5.22 Å². The van der Waals surface area contributed by atoms with Crippen molar-refractivity contribution in [3.05, 3.63) is 11.6 Å². The molecule has 1 aliphatic rings. The second kappa shape index (κ2) is 4.24. The summed E-state index contributed by atoms with van der Waals surface area (Å²) in [7, 11) is 1.15. The van der Waals surface area contributed by atoms with Crippen molar-refractivity contribution in [2.75, 3.05) is 6.61 Å². The fraction of sp³-hybridized carbons (Fsp3) is 0.800. The van der Waals surface area contributed by atoms with Crippen molar-refractivity contribution in [2.24, 2.45) is 0 Å². The molecule has 0 aliphatic carbocycles. The van der Waals surface area contributed by atoms with E-state index in [9.17, 15) is 0 Å². The average molecular weight is 183 g/mol. The Morgan fingerprint density at radius 2 is 2.33 bits per heavy atom. The minimum Gasteiger partial charge on any atom is -0.379 e. The quantitative estimate of drug-likeness (QED) is 0.588. The van der Waals surface area contributed by atoms with E-state index in [1.54, 1.807) is 0 Å². The van der Waals surface area contributed by atoms with Gasteiger partial charge in [0, 0.05) is 16.8 Å². The molecule has 0 bridgehead atoms. The van der Waals surface area contributed by atoms with Crippen molar-refractivity contribution in [3.8, 4) is 0 Å². The number of rotatable bonds is 2. The van der Waals surface area contributed by atoms with E-state index in [0.29, 0.717) is 0 Å². The van der Waals surface area contributed by atoms with E-state index in [1.165, 1.54) is 24.8 Å². The third-order valence-corrected chi connectivity index (χ3v) is 3.76. The van der Waals surface area contributed by atoms with E-state index in [0.717, 1.165) is 23.3 Å². The summed E-state index contributed by atoms with van der Waals surface area (Å²) in [6, 6.07) is 0. The summed E-state index contributed by atoms with van der Waals surface area (Å²) in [4.78, 5) is 0. The Balaban J connectivity index is 2.46. The summed E-state index contributed by atoms with van der Waals surface area (Å²) in [5.41, 5.74) is 1.35. The lowest BCUT2D eigenvalue weighted by Crippen LogP contribution is -2.36. The SMILES string of the molecule is C[C]=C(C)CC1([SiH3])CCCCO1. The molecule has 1 radical (unpaired) electrons. The van der Waals surface area contributed by atoms with Crippen LogP contribution in [0.1, 0.15) is 39.5 Å². The van der Waals surface area contributed by atoms with Crippen LogP contribution < -0.4 is 0 Å². The van der Waals surface area contributed by atoms with Crippen LogP contribution in [0.4, 0.5) is 0 Å². The number of hydrogen-bond donors (Lipinski definition) is 0. The van der Waals surface area contributed by atoms with Gasteiger partial charge in [0.2, 0.25) is 0 Å². The first-order valence-electron chi connectivity index (χ1n) is 4.80. The van der Waals surface area contributed by atoms with E-state index >= 15 is 0 Å². The third-order valence-electron chi connectivity index (χ3n) is 2.62. The molecule has 0 N–H and O–H groups in total. The van der Waals surface area contributed by atoms with Gasteiger partial charge < -0.3 is 4.74 Å². The fourth-order valence-electron chi connectivity index (χ4n) is 1.78. The molecule has 1 rings (SSSR count). The van der Waals surface area contributed by atoms with Crippen LogP contribution in [0.5, 0.6) is 0 Å². The van der Waals surface area contributed by atoms with Crippen LogP contribution in [0.15, 0.2) is 5.57 Å². The van der Waals surface area contributed by atoms with Crippen molar-refractivity contribution < 1.29 is 4.74 Å². The van der Waals surface area contributed by atoms with Crippen molar-refractivity contribution in [1.29, 1.82) is 0 Å². The Labute approximate surface area is 78.6 Å². The van der Waals surface area contributed by atoms with Gasteiger partial charge in [0.25, 0.3) is 0 Å². The van der Waals surface area contributed by atoms with Gasteiger partial charge in [-0.3, -0.25) is 0 Å². The smallest absolute Gasteiger partial charge is 0.0522 e. The van der Waals surface area contributed by atoms with Crippen LogP contribution in [0.2, 0.25) is 0 Å². The first kappa shape index (κ1) is 10.0. The van der Waals surface area contributed by atoms with Crippen LogP contribution in [0.25, 0.3) is 0 Å². The van der Waals surface area contributed by atoms with E-state index in [2.05, 4.69) is 13.0 Å². The van der Waals surface area contributed by atoms with Crippen molar-refractivity contribution in [3.63, 3.8) is 0 Å². The summed E-state index contributed by atoms with van der Waals surface area (Å²) in [6.07, 6.45) is 8.17. The standard InChI is InChI=1S/C10H19OSi/c1-3-9(2)8-10(12)6-4-5-7-11-10/h4-8H2,1-2,12H3. The van der Waals surface area contributed by atoms with E-state index in [-0.39, 0.29) is 5.22 Å². The predicted molar refractivity (Wildman–Crippen MR) is 55.2 cm³/mol. The second-order valence-electron chi connectivity index (χ2n) is 3.96. The molecule has 69 valence electrons. The van der Waals surface area contributed by atoms with Crippen LogP contribution in [0.3, 0.4) is 0 Å². The molecular formula is C10H19OSi. The molecule has 0 aromatic heterocycles. The van der Waals surface area contributed by atoms with Gasteiger partial charge >= 0.3 is 0 Å². The predicted octanol–water partition coefficient (Wildman–Crippen LogP) is 1.41. The second-order valence-corrected chi connectivity index (χ2v) is 5.79. The maximum absolute atomic E-state index is 5.84. The zero-order valence-corrected chi connectivity index (χ0v) is 10.4. The number of hydrogen-bond acceptors (Lipinski definition) is 1. The molecule has 0 amide bonds. The summed E-state index contributed by atoms with van der Waals surface area (Å²) >= 11 is 0. The van der Waals surface area contributed by atoms with Crippen molar-refractivity contribution in [2.45, 2.75) is 44.8 Å². The number of ether oxygens (including phenoxy) is 1. The Bertz CT molecular complexity index is 169. The highest BCUT2D eigenvalue weighted by Crippen LogP contribution is 2.27. The zero-order valence-electron chi connectivity index (χ0n) is 8.44. The van der Waals surface area contributed by atoms with Gasteiger partial charge in [-0.15, -0.1) is 0 Å². The van der Waals surface area contributed by atoms with Crippen LogP contribution >= 0.6 is 0 Å². The Morgan fingerprint density at radius 1 is 1.58 bits per heavy atom. The molecule has 12 heavy (non-hydrogen) atoms. The average Bonchev–Trinajstić information content (AvgIpc) is 2.05. The Hall–Kier alpha value is -0.0831. The van der Waals surface area contributed by atoms with E-state index < -0.39 is 0 Å². The summed E-state index contributed by atoms with van der Waals surface area (Å²) in [5.74, 6) is 0. The van der Waals surface area contributed by atoms with Gasteiger partial charge in [-0.05, 0) is 45.6 Å².